The maximum atomic E-state index is 10.3. The third-order valence-electron chi connectivity index (χ3n) is 4.33. The van der Waals surface area contributed by atoms with Crippen LogP contribution in [0.2, 0.25) is 0 Å². The molecule has 1 aliphatic heterocycles. The number of aliphatic hydroxyl groups is 1. The average molecular weight is 320 g/mol. The molecular weight excluding hydrogens is 296 g/mol. The van der Waals surface area contributed by atoms with Crippen molar-refractivity contribution >= 4 is 0 Å². The first-order valence-electron chi connectivity index (χ1n) is 7.97. The lowest BCUT2D eigenvalue weighted by Gasteiger charge is -2.16. The van der Waals surface area contributed by atoms with Gasteiger partial charge in [0.1, 0.15) is 11.6 Å². The molecule has 23 heavy (non-hydrogen) atoms. The molecule has 0 spiro atoms. The van der Waals surface area contributed by atoms with Gasteiger partial charge < -0.3 is 18.9 Å². The molecule has 2 aromatic heterocycles. The minimum atomic E-state index is -0.345. The normalized spacial score (nSPS) is 22.0. The van der Waals surface area contributed by atoms with Crippen LogP contribution in [0.15, 0.2) is 23.0 Å². The highest BCUT2D eigenvalue weighted by Crippen LogP contribution is 2.23. The number of hydrogen-bond donors (Lipinski definition) is 1. The highest BCUT2D eigenvalue weighted by molar-refractivity contribution is 5.05. The molecule has 0 radical (unpaired) electrons. The van der Waals surface area contributed by atoms with E-state index in [9.17, 15) is 5.11 Å². The summed E-state index contributed by atoms with van der Waals surface area (Å²) in [6, 6.07) is 1.94. The number of nitrogens with zero attached hydrogens (tertiary/aromatic N) is 4. The Labute approximate surface area is 135 Å². The Balaban J connectivity index is 1.57. The monoisotopic (exact) mass is 320 g/mol. The lowest BCUT2D eigenvalue weighted by atomic mass is 10.0. The van der Waals surface area contributed by atoms with Gasteiger partial charge in [0.15, 0.2) is 0 Å². The maximum absolute atomic E-state index is 10.3. The van der Waals surface area contributed by atoms with Crippen LogP contribution < -0.4 is 0 Å². The third kappa shape index (κ3) is 3.99. The third-order valence-corrected chi connectivity index (χ3v) is 4.33. The van der Waals surface area contributed by atoms with Crippen LogP contribution in [0, 0.1) is 12.8 Å². The van der Waals surface area contributed by atoms with E-state index >= 15 is 0 Å². The molecule has 3 heterocycles. The van der Waals surface area contributed by atoms with Crippen molar-refractivity contribution in [3.8, 4) is 0 Å². The highest BCUT2D eigenvalue weighted by Gasteiger charge is 2.32. The van der Waals surface area contributed by atoms with E-state index in [1.807, 2.05) is 25.4 Å². The van der Waals surface area contributed by atoms with E-state index in [0.29, 0.717) is 13.2 Å². The zero-order chi connectivity index (χ0) is 16.2. The van der Waals surface area contributed by atoms with Crippen molar-refractivity contribution in [1.29, 1.82) is 0 Å². The molecule has 0 saturated carbocycles. The number of imidazole rings is 1. The Morgan fingerprint density at radius 1 is 1.43 bits per heavy atom. The number of aryl methyl sites for hydroxylation is 1. The van der Waals surface area contributed by atoms with Crippen molar-refractivity contribution in [2.75, 3.05) is 26.8 Å². The maximum Gasteiger partial charge on any atom is 0.137 e. The molecular formula is C16H24N4O3. The molecule has 1 fully saturated rings. The van der Waals surface area contributed by atoms with Gasteiger partial charge in [-0.1, -0.05) is 5.16 Å². The zero-order valence-corrected chi connectivity index (χ0v) is 13.7. The SMILES string of the molecule is COCCn1ccnc1CN1C[C@@H](Cc2cc(C)no2)[C@@H](O)C1. The molecule has 7 nitrogen and oxygen atoms in total. The summed E-state index contributed by atoms with van der Waals surface area (Å²) in [5.74, 6) is 2.02. The summed E-state index contributed by atoms with van der Waals surface area (Å²) in [7, 11) is 1.70. The molecule has 126 valence electrons. The van der Waals surface area contributed by atoms with Gasteiger partial charge in [-0.15, -0.1) is 0 Å². The van der Waals surface area contributed by atoms with E-state index < -0.39 is 0 Å². The minimum Gasteiger partial charge on any atom is -0.391 e. The number of hydrogen-bond acceptors (Lipinski definition) is 6. The second-order valence-corrected chi connectivity index (χ2v) is 6.19. The summed E-state index contributed by atoms with van der Waals surface area (Å²) in [5, 5.41) is 14.2. The topological polar surface area (TPSA) is 76.5 Å². The predicted molar refractivity (Wildman–Crippen MR) is 83.8 cm³/mol. The first-order valence-corrected chi connectivity index (χ1v) is 7.97. The molecule has 0 aliphatic carbocycles. The Morgan fingerprint density at radius 2 is 2.30 bits per heavy atom. The van der Waals surface area contributed by atoms with Gasteiger partial charge in [-0.05, 0) is 6.92 Å². The van der Waals surface area contributed by atoms with Gasteiger partial charge in [0.25, 0.3) is 0 Å². The first kappa shape index (κ1) is 16.2. The number of methoxy groups -OCH3 is 1. The van der Waals surface area contributed by atoms with Crippen molar-refractivity contribution in [2.45, 2.75) is 32.5 Å². The van der Waals surface area contributed by atoms with E-state index in [-0.39, 0.29) is 12.0 Å². The molecule has 1 saturated heterocycles. The van der Waals surface area contributed by atoms with Crippen molar-refractivity contribution in [3.63, 3.8) is 0 Å². The van der Waals surface area contributed by atoms with Crippen molar-refractivity contribution in [3.05, 3.63) is 35.7 Å². The van der Waals surface area contributed by atoms with Crippen LogP contribution in [0.5, 0.6) is 0 Å². The number of rotatable bonds is 7. The number of aliphatic hydroxyl groups excluding tert-OH is 1. The number of aromatic nitrogens is 3. The van der Waals surface area contributed by atoms with Crippen LogP contribution in [0.1, 0.15) is 17.3 Å². The van der Waals surface area contributed by atoms with E-state index in [1.54, 1.807) is 7.11 Å². The molecule has 0 unspecified atom stereocenters. The van der Waals surface area contributed by atoms with Gasteiger partial charge >= 0.3 is 0 Å². The summed E-state index contributed by atoms with van der Waals surface area (Å²) in [6.07, 6.45) is 4.15. The van der Waals surface area contributed by atoms with Crippen LogP contribution in [0.4, 0.5) is 0 Å². The quantitative estimate of drug-likeness (QED) is 0.815. The summed E-state index contributed by atoms with van der Waals surface area (Å²) in [6.45, 7) is 5.60. The number of ether oxygens (including phenoxy) is 1. The van der Waals surface area contributed by atoms with E-state index in [1.165, 1.54) is 0 Å². The molecule has 0 bridgehead atoms. The number of β-amino-alcohol motifs (C(OH)–C–C–N with tert-alkyl or cyclic N) is 1. The van der Waals surface area contributed by atoms with Gasteiger partial charge in [-0.2, -0.15) is 0 Å². The van der Waals surface area contributed by atoms with Gasteiger partial charge in [0.2, 0.25) is 0 Å². The summed E-state index contributed by atoms with van der Waals surface area (Å²) in [4.78, 5) is 6.67. The lowest BCUT2D eigenvalue weighted by molar-refractivity contribution is 0.137. The van der Waals surface area contributed by atoms with Gasteiger partial charge in [-0.3, -0.25) is 4.90 Å². The predicted octanol–water partition coefficient (Wildman–Crippen LogP) is 0.861. The fourth-order valence-electron chi connectivity index (χ4n) is 3.13. The highest BCUT2D eigenvalue weighted by atomic mass is 16.5. The van der Waals surface area contributed by atoms with Gasteiger partial charge in [0.05, 0.1) is 24.9 Å². The van der Waals surface area contributed by atoms with Crippen molar-refractivity contribution in [2.24, 2.45) is 5.92 Å². The van der Waals surface area contributed by atoms with Crippen LogP contribution in [0.25, 0.3) is 0 Å². The van der Waals surface area contributed by atoms with E-state index in [2.05, 4.69) is 19.6 Å². The Morgan fingerprint density at radius 3 is 3.04 bits per heavy atom. The molecule has 7 heteroatoms. The van der Waals surface area contributed by atoms with Crippen LogP contribution in [0.3, 0.4) is 0 Å². The van der Waals surface area contributed by atoms with Crippen LogP contribution in [-0.4, -0.2) is 57.6 Å². The molecule has 2 atom stereocenters. The Bertz CT molecular complexity index is 624. The summed E-state index contributed by atoms with van der Waals surface area (Å²) in [5.41, 5.74) is 0.879. The van der Waals surface area contributed by atoms with Crippen molar-refractivity contribution < 1.29 is 14.4 Å². The standard InChI is InChI=1S/C16H24N4O3/c1-12-7-14(23-18-12)8-13-9-19(10-15(13)21)11-16-17-3-4-20(16)5-6-22-2/h3-4,7,13,15,21H,5-6,8-11H2,1-2H3/t13-,15+/m1/s1. The minimum absolute atomic E-state index is 0.171. The largest absolute Gasteiger partial charge is 0.391 e. The Kier molecular flexibility index (Phi) is 5.09. The molecule has 0 amide bonds. The molecule has 1 aliphatic rings. The molecule has 2 aromatic rings. The second-order valence-electron chi connectivity index (χ2n) is 6.19. The fraction of sp³-hybridized carbons (Fsp3) is 0.625. The first-order chi connectivity index (χ1) is 11.2. The van der Waals surface area contributed by atoms with Crippen molar-refractivity contribution in [1.82, 2.24) is 19.6 Å². The molecule has 3 rings (SSSR count). The molecule has 1 N–H and O–H groups in total. The lowest BCUT2D eigenvalue weighted by Crippen LogP contribution is -2.24. The molecule has 0 aromatic carbocycles. The summed E-state index contributed by atoms with van der Waals surface area (Å²) >= 11 is 0. The Hall–Kier alpha value is -1.70. The van der Waals surface area contributed by atoms with Gasteiger partial charge in [0, 0.05) is 57.5 Å². The van der Waals surface area contributed by atoms with Crippen LogP contribution in [-0.2, 0) is 24.2 Å². The second kappa shape index (κ2) is 7.25. The fourth-order valence-corrected chi connectivity index (χ4v) is 3.13. The van der Waals surface area contributed by atoms with E-state index in [4.69, 9.17) is 9.26 Å². The van der Waals surface area contributed by atoms with Gasteiger partial charge in [-0.25, -0.2) is 4.98 Å². The van der Waals surface area contributed by atoms with E-state index in [0.717, 1.165) is 43.3 Å². The zero-order valence-electron chi connectivity index (χ0n) is 13.7. The smallest absolute Gasteiger partial charge is 0.137 e. The van der Waals surface area contributed by atoms with Crippen LogP contribution >= 0.6 is 0 Å². The number of likely N-dealkylation sites (tertiary alicyclic amines) is 1. The summed E-state index contributed by atoms with van der Waals surface area (Å²) < 4.78 is 12.5. The average Bonchev–Trinajstić information content (AvgIpc) is 3.21.